The van der Waals surface area contributed by atoms with Crippen molar-refractivity contribution in [2.45, 2.75) is 36.4 Å². The van der Waals surface area contributed by atoms with Crippen molar-refractivity contribution in [1.82, 2.24) is 18.6 Å². The highest BCUT2D eigenvalue weighted by molar-refractivity contribution is 7.89. The summed E-state index contributed by atoms with van der Waals surface area (Å²) in [4.78, 5) is 12.9. The molecule has 0 bridgehead atoms. The van der Waals surface area contributed by atoms with Gasteiger partial charge in [0.2, 0.25) is 20.0 Å². The van der Waals surface area contributed by atoms with Gasteiger partial charge in [0, 0.05) is 74.2 Å². The van der Waals surface area contributed by atoms with Crippen LogP contribution in [0.2, 0.25) is 0 Å². The zero-order valence-electron chi connectivity index (χ0n) is 34.7. The third kappa shape index (κ3) is 11.8. The number of piperazine rings is 2. The molecule has 12 nitrogen and oxygen atoms in total. The van der Waals surface area contributed by atoms with E-state index >= 15 is 0 Å². The fraction of sp³-hybridized carbons (Fsp3) is 0.286. The van der Waals surface area contributed by atoms with Crippen molar-refractivity contribution in [1.29, 1.82) is 0 Å². The summed E-state index contributed by atoms with van der Waals surface area (Å²) in [6, 6.07) is 18.0. The lowest BCUT2D eigenvalue weighted by atomic mass is 10.1. The van der Waals surface area contributed by atoms with Gasteiger partial charge in [-0.25, -0.2) is 35.6 Å². The summed E-state index contributed by atoms with van der Waals surface area (Å²) in [7, 11) is -7.72. The van der Waals surface area contributed by atoms with Crippen LogP contribution in [0, 0.1) is 25.5 Å². The van der Waals surface area contributed by atoms with Crippen LogP contribution in [0.3, 0.4) is 0 Å². The van der Waals surface area contributed by atoms with Gasteiger partial charge >= 0.3 is 12.7 Å². The summed E-state index contributed by atoms with van der Waals surface area (Å²) >= 11 is 2.81. The molecule has 0 aliphatic carbocycles. The van der Waals surface area contributed by atoms with Crippen LogP contribution in [0.4, 0.5) is 45.4 Å². The maximum atomic E-state index is 13.5. The number of sulfonamides is 2. The lowest BCUT2D eigenvalue weighted by Crippen LogP contribution is -2.48. The molecule has 24 heteroatoms. The lowest BCUT2D eigenvalue weighted by molar-refractivity contribution is -0.275. The number of ether oxygens (including phenoxy) is 2. The Hall–Kier alpha value is -5.40. The van der Waals surface area contributed by atoms with E-state index in [1.54, 1.807) is 5.38 Å². The third-order valence-corrected chi connectivity index (χ3v) is 16.0. The lowest BCUT2D eigenvalue weighted by Gasteiger charge is -2.33. The predicted octanol–water partition coefficient (Wildman–Crippen LogP) is 9.33. The molecule has 0 N–H and O–H groups in total. The number of hydrogen-bond acceptors (Lipinski definition) is 12. The van der Waals surface area contributed by atoms with E-state index in [-0.39, 0.29) is 36.0 Å². The fourth-order valence-corrected chi connectivity index (χ4v) is 11.4. The minimum atomic E-state index is -4.86. The summed E-state index contributed by atoms with van der Waals surface area (Å²) in [5.41, 5.74) is 5.24. The van der Waals surface area contributed by atoms with E-state index in [9.17, 15) is 52.0 Å². The molecule has 2 aliphatic heterocycles. The van der Waals surface area contributed by atoms with Gasteiger partial charge in [-0.3, -0.25) is 0 Å². The van der Waals surface area contributed by atoms with E-state index in [4.69, 9.17) is 4.98 Å². The highest BCUT2D eigenvalue weighted by Gasteiger charge is 2.34. The summed E-state index contributed by atoms with van der Waals surface area (Å²) in [6.07, 6.45) is -9.69. The second-order valence-electron chi connectivity index (χ2n) is 14.8. The molecule has 8 rings (SSSR count). The Balaban J connectivity index is 0.000000196. The molecule has 2 fully saturated rings. The van der Waals surface area contributed by atoms with Crippen LogP contribution in [-0.4, -0.2) is 100 Å². The van der Waals surface area contributed by atoms with Gasteiger partial charge in [0.15, 0.2) is 21.9 Å². The smallest absolute Gasteiger partial charge is 0.406 e. The molecule has 2 saturated heterocycles. The fourth-order valence-electron chi connectivity index (χ4n) is 6.80. The van der Waals surface area contributed by atoms with E-state index in [1.807, 2.05) is 21.2 Å². The Morgan fingerprint density at radius 3 is 1.29 bits per heavy atom. The first-order valence-corrected chi connectivity index (χ1v) is 24.4. The monoisotopic (exact) mass is 1000 g/mol. The standard InChI is InChI=1S/C22H22F3N3O3S2.C20H16F5N3O3S2/c1-15-3-4-17(13-16(15)2)20-14-32-21(26-20)27-9-11-28(12-10-27)33(29,30)19-7-5-18(6-8-19)31-22(23,24)25;21-16-6-1-13(11-17(16)22)18-12-32-19(26-18)27-7-9-28(10-8-27)33(29,30)15-4-2-14(3-5-15)31-20(23,24)25/h3-8,13-14H,9-12H2,1-2H3;1-6,11-12H,7-10H2. The van der Waals surface area contributed by atoms with Crippen LogP contribution in [0.1, 0.15) is 11.1 Å². The van der Waals surface area contributed by atoms with Gasteiger partial charge in [-0.05, 0) is 97.8 Å². The molecule has 0 saturated carbocycles. The van der Waals surface area contributed by atoms with E-state index in [1.165, 1.54) is 48.5 Å². The molecule has 66 heavy (non-hydrogen) atoms. The first-order chi connectivity index (χ1) is 31.1. The van der Waals surface area contributed by atoms with Crippen molar-refractivity contribution in [2.75, 3.05) is 62.2 Å². The van der Waals surface area contributed by atoms with Gasteiger partial charge < -0.3 is 19.3 Å². The minimum absolute atomic E-state index is 0.0725. The first-order valence-electron chi connectivity index (χ1n) is 19.7. The number of alkyl halides is 6. The second kappa shape index (κ2) is 19.4. The second-order valence-corrected chi connectivity index (χ2v) is 20.3. The van der Waals surface area contributed by atoms with E-state index < -0.39 is 55.9 Å². The molecule has 4 aromatic carbocycles. The van der Waals surface area contributed by atoms with Gasteiger partial charge in [0.1, 0.15) is 11.5 Å². The van der Waals surface area contributed by atoms with Crippen molar-refractivity contribution in [2.24, 2.45) is 0 Å². The molecule has 2 aromatic heterocycles. The molecule has 352 valence electrons. The Bertz CT molecular complexity index is 2670. The van der Waals surface area contributed by atoms with Crippen LogP contribution in [0.15, 0.2) is 105 Å². The molecular formula is C42H38F8N6O6S4. The molecule has 0 radical (unpaired) electrons. The number of aromatic nitrogens is 2. The normalized spacial score (nSPS) is 15.6. The highest BCUT2D eigenvalue weighted by atomic mass is 32.2. The molecule has 0 spiro atoms. The van der Waals surface area contributed by atoms with E-state index in [0.29, 0.717) is 42.6 Å². The van der Waals surface area contributed by atoms with Gasteiger partial charge in [0.25, 0.3) is 0 Å². The summed E-state index contributed by atoms with van der Waals surface area (Å²) in [5, 5.41) is 5.14. The topological polar surface area (TPSA) is 125 Å². The van der Waals surface area contributed by atoms with Gasteiger partial charge in [-0.2, -0.15) is 8.61 Å². The maximum Gasteiger partial charge on any atom is 0.573 e. The summed E-state index contributed by atoms with van der Waals surface area (Å²) < 4.78 is 162. The van der Waals surface area contributed by atoms with Crippen LogP contribution < -0.4 is 19.3 Å². The zero-order chi connectivity index (χ0) is 47.6. The zero-order valence-corrected chi connectivity index (χ0v) is 37.9. The SMILES string of the molecule is Cc1ccc(-c2csc(N3CCN(S(=O)(=O)c4ccc(OC(F)(F)F)cc4)CC3)n2)cc1C.O=S(=O)(c1ccc(OC(F)(F)F)cc1)N1CCN(c2nc(-c3ccc(F)c(F)c3)cs2)CC1. The Kier molecular flexibility index (Phi) is 14.3. The predicted molar refractivity (Wildman–Crippen MR) is 233 cm³/mol. The molecule has 0 amide bonds. The van der Waals surface area contributed by atoms with Crippen LogP contribution in [0.5, 0.6) is 11.5 Å². The van der Waals surface area contributed by atoms with E-state index in [2.05, 4.69) is 40.4 Å². The molecule has 6 aromatic rings. The molecular weight excluding hydrogens is 965 g/mol. The number of halogens is 8. The van der Waals surface area contributed by atoms with Crippen molar-refractivity contribution in [3.05, 3.63) is 118 Å². The van der Waals surface area contributed by atoms with Crippen LogP contribution in [-0.2, 0) is 20.0 Å². The number of benzene rings is 4. The molecule has 2 aliphatic rings. The van der Waals surface area contributed by atoms with Crippen molar-refractivity contribution in [3.63, 3.8) is 0 Å². The highest BCUT2D eigenvalue weighted by Crippen LogP contribution is 2.33. The van der Waals surface area contributed by atoms with Gasteiger partial charge in [0.05, 0.1) is 21.2 Å². The molecule has 0 unspecified atom stereocenters. The number of hydrogen-bond donors (Lipinski definition) is 0. The largest absolute Gasteiger partial charge is 0.573 e. The van der Waals surface area contributed by atoms with Crippen molar-refractivity contribution >= 4 is 53.0 Å². The average molecular weight is 1000 g/mol. The Labute approximate surface area is 382 Å². The number of thiazole rings is 2. The van der Waals surface area contributed by atoms with Crippen LogP contribution in [0.25, 0.3) is 22.5 Å². The first kappa shape index (κ1) is 48.5. The maximum absolute atomic E-state index is 13.5. The summed E-state index contributed by atoms with van der Waals surface area (Å²) in [5.74, 6) is -2.89. The van der Waals surface area contributed by atoms with Gasteiger partial charge in [-0.1, -0.05) is 12.1 Å². The summed E-state index contributed by atoms with van der Waals surface area (Å²) in [6.45, 7) is 6.50. The van der Waals surface area contributed by atoms with Gasteiger partial charge in [-0.15, -0.1) is 49.0 Å². The van der Waals surface area contributed by atoms with Crippen molar-refractivity contribution in [3.8, 4) is 34.0 Å². The third-order valence-electron chi connectivity index (χ3n) is 10.4. The number of rotatable bonds is 10. The Morgan fingerprint density at radius 1 is 0.515 bits per heavy atom. The number of aryl methyl sites for hydroxylation is 2. The quantitative estimate of drug-likeness (QED) is 0.123. The minimum Gasteiger partial charge on any atom is -0.406 e. The number of nitrogens with zero attached hydrogens (tertiary/aromatic N) is 6. The Morgan fingerprint density at radius 2 is 0.909 bits per heavy atom. The van der Waals surface area contributed by atoms with Crippen LogP contribution >= 0.6 is 22.7 Å². The molecule has 0 atom stereocenters. The van der Waals surface area contributed by atoms with Crippen molar-refractivity contribution < 1.29 is 61.4 Å². The number of anilines is 2. The molecule has 4 heterocycles. The average Bonchev–Trinajstić information content (AvgIpc) is 3.97. The van der Waals surface area contributed by atoms with E-state index in [0.717, 1.165) is 77.1 Å².